The van der Waals surface area contributed by atoms with Crippen molar-refractivity contribution >= 4 is 58.3 Å². The van der Waals surface area contributed by atoms with Gasteiger partial charge in [0.15, 0.2) is 0 Å². The number of carbonyl (C=O) groups excluding carboxylic acids is 2. The Morgan fingerprint density at radius 3 is 2.43 bits per heavy atom. The predicted molar refractivity (Wildman–Crippen MR) is 123 cm³/mol. The van der Waals surface area contributed by atoms with Gasteiger partial charge in [-0.1, -0.05) is 41.4 Å². The summed E-state index contributed by atoms with van der Waals surface area (Å²) in [6.07, 6.45) is 1.73. The van der Waals surface area contributed by atoms with E-state index >= 15 is 0 Å². The van der Waals surface area contributed by atoms with Gasteiger partial charge >= 0.3 is 0 Å². The Balaban J connectivity index is 1.56. The molecule has 0 spiro atoms. The Morgan fingerprint density at radius 1 is 1.00 bits per heavy atom. The molecule has 1 atom stereocenters. The van der Waals surface area contributed by atoms with Gasteiger partial charge in [0.05, 0.1) is 16.7 Å². The van der Waals surface area contributed by atoms with Gasteiger partial charge in [0.2, 0.25) is 11.8 Å². The highest BCUT2D eigenvalue weighted by Crippen LogP contribution is 2.26. The number of thioether (sulfide) groups is 1. The highest BCUT2D eigenvalue weighted by Gasteiger charge is 2.15. The van der Waals surface area contributed by atoms with Gasteiger partial charge in [0.25, 0.3) is 0 Å². The van der Waals surface area contributed by atoms with E-state index in [-0.39, 0.29) is 23.5 Å². The van der Waals surface area contributed by atoms with E-state index in [1.807, 2.05) is 43.3 Å². The third-order valence-electron chi connectivity index (χ3n) is 4.06. The number of pyridine rings is 1. The fraction of sp³-hybridized carbons (Fsp3) is 0.136. The third-order valence-corrected chi connectivity index (χ3v) is 5.63. The van der Waals surface area contributed by atoms with E-state index in [2.05, 4.69) is 15.6 Å². The van der Waals surface area contributed by atoms with Crippen molar-refractivity contribution in [3.63, 3.8) is 0 Å². The van der Waals surface area contributed by atoms with Crippen LogP contribution < -0.4 is 10.6 Å². The molecule has 1 heterocycles. The summed E-state index contributed by atoms with van der Waals surface area (Å²) in [6.45, 7) is 1.81. The lowest BCUT2D eigenvalue weighted by molar-refractivity contribution is -0.116. The molecular weight excluding hydrogens is 441 g/mol. The van der Waals surface area contributed by atoms with E-state index < -0.39 is 0 Å². The number of aromatic nitrogens is 1. The van der Waals surface area contributed by atoms with Crippen LogP contribution in [0.3, 0.4) is 0 Å². The van der Waals surface area contributed by atoms with Crippen molar-refractivity contribution in [3.05, 3.63) is 82.5 Å². The second-order valence-electron chi connectivity index (χ2n) is 6.49. The molecule has 3 rings (SSSR count). The molecule has 2 N–H and O–H groups in total. The van der Waals surface area contributed by atoms with Gasteiger partial charge in [-0.05, 0) is 55.0 Å². The minimum atomic E-state index is -0.359. The normalized spacial score (nSPS) is 11.6. The van der Waals surface area contributed by atoms with Gasteiger partial charge < -0.3 is 10.6 Å². The fourth-order valence-corrected chi connectivity index (χ4v) is 3.74. The number of hydrogen-bond acceptors (Lipinski definition) is 4. The molecule has 0 aliphatic carbocycles. The molecule has 0 fully saturated rings. The van der Waals surface area contributed by atoms with Gasteiger partial charge in [-0.3, -0.25) is 9.59 Å². The number of benzene rings is 2. The number of hydrogen-bond donors (Lipinski definition) is 2. The fourth-order valence-electron chi connectivity index (χ4n) is 2.58. The zero-order valence-electron chi connectivity index (χ0n) is 16.1. The number of halogens is 2. The van der Waals surface area contributed by atoms with Gasteiger partial charge in [-0.25, -0.2) is 4.98 Å². The number of nitrogens with one attached hydrogen (secondary N) is 2. The number of carbonyl (C=O) groups is 2. The molecule has 0 saturated heterocycles. The van der Waals surface area contributed by atoms with E-state index in [4.69, 9.17) is 23.2 Å². The molecule has 2 aromatic carbocycles. The zero-order chi connectivity index (χ0) is 21.5. The molecule has 0 bridgehead atoms. The quantitative estimate of drug-likeness (QED) is 0.445. The average molecular weight is 460 g/mol. The second-order valence-corrected chi connectivity index (χ2v) is 8.78. The molecule has 5 nitrogen and oxygen atoms in total. The van der Waals surface area contributed by atoms with Crippen LogP contribution in [0.15, 0.2) is 71.8 Å². The van der Waals surface area contributed by atoms with Crippen LogP contribution >= 0.6 is 35.0 Å². The lowest BCUT2D eigenvalue weighted by Gasteiger charge is -2.13. The van der Waals surface area contributed by atoms with Crippen molar-refractivity contribution in [2.45, 2.75) is 23.5 Å². The summed E-state index contributed by atoms with van der Waals surface area (Å²) in [6, 6.07) is 17.9. The summed E-state index contributed by atoms with van der Waals surface area (Å²) in [5.41, 5.74) is 1.55. The molecule has 8 heteroatoms. The first kappa shape index (κ1) is 22.2. The summed E-state index contributed by atoms with van der Waals surface area (Å²) < 4.78 is 0. The SMILES string of the molecule is CC(Sc1cccc(NC(=O)Cc2ccc(Cl)cc2)c1)C(=O)Nc1ccc(Cl)cn1. The maximum atomic E-state index is 12.4. The molecule has 0 aliphatic rings. The van der Waals surface area contributed by atoms with E-state index in [0.29, 0.717) is 21.6 Å². The second kappa shape index (κ2) is 10.5. The molecule has 1 unspecified atom stereocenters. The number of rotatable bonds is 7. The first-order valence-corrected chi connectivity index (χ1v) is 10.8. The van der Waals surface area contributed by atoms with Crippen LogP contribution in [0.2, 0.25) is 10.0 Å². The van der Waals surface area contributed by atoms with Crippen LogP contribution in [0.4, 0.5) is 11.5 Å². The monoisotopic (exact) mass is 459 g/mol. The molecular formula is C22H19Cl2N3O2S. The summed E-state index contributed by atoms with van der Waals surface area (Å²) in [4.78, 5) is 29.6. The van der Waals surface area contributed by atoms with Crippen molar-refractivity contribution in [3.8, 4) is 0 Å². The Hall–Kier alpha value is -2.54. The van der Waals surface area contributed by atoms with Crippen molar-refractivity contribution in [2.75, 3.05) is 10.6 Å². The van der Waals surface area contributed by atoms with Crippen LogP contribution in [0.5, 0.6) is 0 Å². The predicted octanol–water partition coefficient (Wildman–Crippen LogP) is 5.69. The van der Waals surface area contributed by atoms with Crippen LogP contribution in [0, 0.1) is 0 Å². The molecule has 154 valence electrons. The maximum absolute atomic E-state index is 12.4. The minimum Gasteiger partial charge on any atom is -0.326 e. The molecule has 1 aromatic heterocycles. The van der Waals surface area contributed by atoms with Gasteiger partial charge in [0.1, 0.15) is 5.82 Å². The molecule has 3 aromatic rings. The van der Waals surface area contributed by atoms with Crippen molar-refractivity contribution in [2.24, 2.45) is 0 Å². The van der Waals surface area contributed by atoms with Crippen molar-refractivity contribution in [1.82, 2.24) is 4.98 Å². The highest BCUT2D eigenvalue weighted by atomic mass is 35.5. The van der Waals surface area contributed by atoms with Gasteiger partial charge in [0, 0.05) is 21.8 Å². The van der Waals surface area contributed by atoms with Crippen LogP contribution in [0.1, 0.15) is 12.5 Å². The topological polar surface area (TPSA) is 71.1 Å². The Morgan fingerprint density at radius 2 is 1.73 bits per heavy atom. The molecule has 0 aliphatic heterocycles. The highest BCUT2D eigenvalue weighted by molar-refractivity contribution is 8.00. The number of nitrogens with zero attached hydrogens (tertiary/aromatic N) is 1. The van der Waals surface area contributed by atoms with E-state index in [0.717, 1.165) is 10.5 Å². The van der Waals surface area contributed by atoms with Crippen LogP contribution in [-0.4, -0.2) is 22.0 Å². The average Bonchev–Trinajstić information content (AvgIpc) is 2.71. The van der Waals surface area contributed by atoms with E-state index in [1.54, 1.807) is 24.3 Å². The molecule has 0 saturated carbocycles. The van der Waals surface area contributed by atoms with E-state index in [9.17, 15) is 9.59 Å². The van der Waals surface area contributed by atoms with Gasteiger partial charge in [-0.2, -0.15) is 0 Å². The third kappa shape index (κ3) is 6.76. The molecule has 2 amide bonds. The lowest BCUT2D eigenvalue weighted by atomic mass is 10.1. The first-order chi connectivity index (χ1) is 14.4. The minimum absolute atomic E-state index is 0.126. The smallest absolute Gasteiger partial charge is 0.238 e. The van der Waals surface area contributed by atoms with Crippen molar-refractivity contribution in [1.29, 1.82) is 0 Å². The summed E-state index contributed by atoms with van der Waals surface area (Å²) in [5.74, 6) is 0.145. The Kier molecular flexibility index (Phi) is 7.74. The standard InChI is InChI=1S/C22H19Cl2N3O2S/c1-14(22(29)27-20-10-9-17(24)13-25-20)30-19-4-2-3-18(12-19)26-21(28)11-15-5-7-16(23)8-6-15/h2-10,12-14H,11H2,1H3,(H,26,28)(H,25,27,29). The number of amides is 2. The summed E-state index contributed by atoms with van der Waals surface area (Å²) in [7, 11) is 0. The number of anilines is 2. The van der Waals surface area contributed by atoms with Gasteiger partial charge in [-0.15, -0.1) is 11.8 Å². The van der Waals surface area contributed by atoms with Crippen LogP contribution in [-0.2, 0) is 16.0 Å². The maximum Gasteiger partial charge on any atom is 0.238 e. The summed E-state index contributed by atoms with van der Waals surface area (Å²) in [5, 5.41) is 6.42. The Labute approximate surface area is 189 Å². The molecule has 0 radical (unpaired) electrons. The Bertz CT molecular complexity index is 1030. The lowest BCUT2D eigenvalue weighted by Crippen LogP contribution is -2.22. The van der Waals surface area contributed by atoms with Crippen LogP contribution in [0.25, 0.3) is 0 Å². The summed E-state index contributed by atoms with van der Waals surface area (Å²) >= 11 is 13.1. The molecule has 30 heavy (non-hydrogen) atoms. The van der Waals surface area contributed by atoms with E-state index in [1.165, 1.54) is 18.0 Å². The largest absolute Gasteiger partial charge is 0.326 e. The van der Waals surface area contributed by atoms with Crippen molar-refractivity contribution < 1.29 is 9.59 Å². The zero-order valence-corrected chi connectivity index (χ0v) is 18.4. The first-order valence-electron chi connectivity index (χ1n) is 9.12.